The summed E-state index contributed by atoms with van der Waals surface area (Å²) in [7, 11) is 0. The summed E-state index contributed by atoms with van der Waals surface area (Å²) < 4.78 is 10.4. The zero-order chi connectivity index (χ0) is 9.82. The number of hydrogen-bond acceptors (Lipinski definition) is 2. The second kappa shape index (κ2) is 15.0. The molecule has 0 heterocycles. The molecule has 0 unspecified atom stereocenters. The van der Waals surface area contributed by atoms with E-state index in [1.54, 1.807) is 0 Å². The molecular formula is C7H16Br2O2Zn. The van der Waals surface area contributed by atoms with Crippen molar-refractivity contribution >= 4 is 27.2 Å². The van der Waals surface area contributed by atoms with Crippen molar-refractivity contribution in [3.8, 4) is 0 Å². The Kier molecular flexibility index (Phi) is 19.9. The van der Waals surface area contributed by atoms with Crippen LogP contribution in [0.3, 0.4) is 0 Å². The zero-order valence-electron chi connectivity index (χ0n) is 7.98. The Morgan fingerprint density at radius 1 is 1.08 bits per heavy atom. The van der Waals surface area contributed by atoms with E-state index in [1.165, 1.54) is 0 Å². The van der Waals surface area contributed by atoms with Crippen molar-refractivity contribution in [2.75, 3.05) is 13.2 Å². The molecule has 0 atom stereocenters. The molecule has 0 aliphatic carbocycles. The standard InChI is InChI=1S/C7H16O2.2BrH.Zn/c1-4-7(8-5-2)9-6-3;;;/h7H,4-6H2,1-3H3;2*1H;/q;;;+2/p-2. The quantitative estimate of drug-likeness (QED) is 0.554. The predicted octanol–water partition coefficient (Wildman–Crippen LogP) is 3.48. The molecule has 5 heteroatoms. The second-order valence-corrected chi connectivity index (χ2v) is 15.9. The Bertz CT molecular complexity index is 70.4. The van der Waals surface area contributed by atoms with Gasteiger partial charge in [-0.1, -0.05) is 6.92 Å². The summed E-state index contributed by atoms with van der Waals surface area (Å²) in [5.74, 6) is 0. The van der Waals surface area contributed by atoms with Crippen LogP contribution in [0, 0.1) is 0 Å². The predicted molar refractivity (Wildman–Crippen MR) is 55.2 cm³/mol. The first kappa shape index (κ1) is 16.0. The van der Waals surface area contributed by atoms with Crippen LogP contribution >= 0.6 is 27.2 Å². The molecular weight excluding hydrogens is 341 g/mol. The van der Waals surface area contributed by atoms with Gasteiger partial charge in [-0.3, -0.25) is 0 Å². The Morgan fingerprint density at radius 3 is 1.58 bits per heavy atom. The molecule has 0 N–H and O–H groups in total. The fraction of sp³-hybridized carbons (Fsp3) is 1.00. The Labute approximate surface area is 96.1 Å². The van der Waals surface area contributed by atoms with E-state index in [4.69, 9.17) is 9.47 Å². The van der Waals surface area contributed by atoms with Crippen LogP contribution in [-0.4, -0.2) is 19.5 Å². The molecule has 12 heavy (non-hydrogen) atoms. The minimum atomic E-state index is -0.250. The molecule has 0 bridgehead atoms. The molecule has 2 nitrogen and oxygen atoms in total. The van der Waals surface area contributed by atoms with Crippen molar-refractivity contribution in [2.45, 2.75) is 33.5 Å². The second-order valence-electron chi connectivity index (χ2n) is 1.85. The van der Waals surface area contributed by atoms with Gasteiger partial charge in [-0.15, -0.1) is 0 Å². The van der Waals surface area contributed by atoms with Crippen molar-refractivity contribution in [1.82, 2.24) is 0 Å². The molecule has 0 aliphatic heterocycles. The Balaban J connectivity index is 0. The molecule has 0 radical (unpaired) electrons. The minimum absolute atomic E-state index is 0.0139. The van der Waals surface area contributed by atoms with E-state index in [9.17, 15) is 0 Å². The summed E-state index contributed by atoms with van der Waals surface area (Å²) in [4.78, 5) is 0. The first-order valence-corrected chi connectivity index (χ1v) is 18.0. The van der Waals surface area contributed by atoms with Gasteiger partial charge in [-0.2, -0.15) is 0 Å². The van der Waals surface area contributed by atoms with Crippen LogP contribution < -0.4 is 0 Å². The van der Waals surface area contributed by atoms with Gasteiger partial charge in [0, 0.05) is 13.2 Å². The Hall–Kier alpha value is 1.50. The number of halogens is 2. The van der Waals surface area contributed by atoms with Crippen LogP contribution in [0.1, 0.15) is 27.2 Å². The fourth-order valence-electron chi connectivity index (χ4n) is 0.656. The number of rotatable bonds is 5. The topological polar surface area (TPSA) is 18.5 Å². The average molecular weight is 357 g/mol. The Morgan fingerprint density at radius 2 is 1.42 bits per heavy atom. The molecule has 0 amide bonds. The van der Waals surface area contributed by atoms with E-state index in [1.807, 2.05) is 13.8 Å². The molecule has 0 aromatic rings. The number of ether oxygens (including phenoxy) is 2. The fourth-order valence-corrected chi connectivity index (χ4v) is 0.656. The molecule has 0 rings (SSSR count). The SMILES string of the molecule is CCOC(CC)OCC.[Br][Zn][Br]. The van der Waals surface area contributed by atoms with Gasteiger partial charge >= 0.3 is 40.5 Å². The number of hydrogen-bond donors (Lipinski definition) is 0. The van der Waals surface area contributed by atoms with Crippen LogP contribution in [0.5, 0.6) is 0 Å². The molecule has 0 saturated carbocycles. The molecule has 0 saturated heterocycles. The molecule has 0 spiro atoms. The van der Waals surface area contributed by atoms with Gasteiger partial charge in [0.1, 0.15) is 0 Å². The third-order valence-corrected chi connectivity index (χ3v) is 1.04. The van der Waals surface area contributed by atoms with Gasteiger partial charge < -0.3 is 9.47 Å². The van der Waals surface area contributed by atoms with Crippen molar-refractivity contribution in [1.29, 1.82) is 0 Å². The molecule has 0 fully saturated rings. The molecule has 72 valence electrons. The van der Waals surface area contributed by atoms with Crippen molar-refractivity contribution in [2.24, 2.45) is 0 Å². The summed E-state index contributed by atoms with van der Waals surface area (Å²) in [6.07, 6.45) is 0.946. The average Bonchev–Trinajstić information content (AvgIpc) is 2.05. The van der Waals surface area contributed by atoms with Crippen molar-refractivity contribution < 1.29 is 22.7 Å². The summed E-state index contributed by atoms with van der Waals surface area (Å²) in [6, 6.07) is 0. The van der Waals surface area contributed by atoms with Gasteiger partial charge in [-0.05, 0) is 20.3 Å². The molecule has 0 aromatic carbocycles. The summed E-state index contributed by atoms with van der Waals surface area (Å²) >= 11 is 6.25. The van der Waals surface area contributed by atoms with Crippen molar-refractivity contribution in [3.05, 3.63) is 0 Å². The van der Waals surface area contributed by atoms with E-state index >= 15 is 0 Å². The first-order chi connectivity index (χ1) is 5.76. The zero-order valence-corrected chi connectivity index (χ0v) is 14.1. The van der Waals surface area contributed by atoms with Crippen LogP contribution in [-0.2, 0) is 22.7 Å². The van der Waals surface area contributed by atoms with E-state index in [0.717, 1.165) is 19.6 Å². The van der Waals surface area contributed by atoms with E-state index in [-0.39, 0.29) is 19.5 Å². The molecule has 0 aliphatic rings. The maximum absolute atomic E-state index is 5.21. The summed E-state index contributed by atoms with van der Waals surface area (Å²) in [6.45, 7) is 7.47. The first-order valence-electron chi connectivity index (χ1n) is 4.11. The van der Waals surface area contributed by atoms with Crippen molar-refractivity contribution in [3.63, 3.8) is 0 Å². The van der Waals surface area contributed by atoms with Gasteiger partial charge in [-0.25, -0.2) is 0 Å². The summed E-state index contributed by atoms with van der Waals surface area (Å²) in [5, 5.41) is 0. The third-order valence-electron chi connectivity index (χ3n) is 1.04. The maximum atomic E-state index is 5.21. The van der Waals surface area contributed by atoms with Gasteiger partial charge in [0.2, 0.25) is 0 Å². The van der Waals surface area contributed by atoms with Crippen LogP contribution in [0.25, 0.3) is 0 Å². The third kappa shape index (κ3) is 14.1. The van der Waals surface area contributed by atoms with Gasteiger partial charge in [0.25, 0.3) is 0 Å². The monoisotopic (exact) mass is 354 g/mol. The van der Waals surface area contributed by atoms with Gasteiger partial charge in [0.05, 0.1) is 0 Å². The van der Waals surface area contributed by atoms with E-state index in [0.29, 0.717) is 0 Å². The summed E-state index contributed by atoms with van der Waals surface area (Å²) in [5.41, 5.74) is 0. The van der Waals surface area contributed by atoms with E-state index < -0.39 is 0 Å². The normalized spacial score (nSPS) is 8.83. The van der Waals surface area contributed by atoms with Gasteiger partial charge in [0.15, 0.2) is 6.29 Å². The van der Waals surface area contributed by atoms with Crippen LogP contribution in [0.4, 0.5) is 0 Å². The van der Waals surface area contributed by atoms with E-state index in [2.05, 4.69) is 34.2 Å². The molecule has 0 aromatic heterocycles. The van der Waals surface area contributed by atoms with Crippen LogP contribution in [0.15, 0.2) is 0 Å². The van der Waals surface area contributed by atoms with Crippen LogP contribution in [0.2, 0.25) is 0 Å².